The van der Waals surface area contributed by atoms with Crippen LogP contribution in [0.25, 0.3) is 10.8 Å². The Morgan fingerprint density at radius 1 is 1.20 bits per heavy atom. The van der Waals surface area contributed by atoms with E-state index in [1.54, 1.807) is 0 Å². The average molecular weight is 201 g/mol. The lowest BCUT2D eigenvalue weighted by Crippen LogP contribution is -2.29. The van der Waals surface area contributed by atoms with Crippen molar-refractivity contribution in [2.45, 2.75) is 6.54 Å². The molecule has 2 rings (SSSR count). The smallest absolute Gasteiger partial charge is 0.0353 e. The summed E-state index contributed by atoms with van der Waals surface area (Å²) in [4.78, 5) is 4.09. The van der Waals surface area contributed by atoms with Crippen molar-refractivity contribution >= 4 is 10.8 Å². The molecule has 1 aromatic carbocycles. The zero-order valence-corrected chi connectivity index (χ0v) is 9.07. The van der Waals surface area contributed by atoms with Gasteiger partial charge < -0.3 is 0 Å². The highest BCUT2D eigenvalue weighted by Gasteiger charge is 1.96. The van der Waals surface area contributed by atoms with Gasteiger partial charge in [0.1, 0.15) is 0 Å². The summed E-state index contributed by atoms with van der Waals surface area (Å²) in [6.45, 7) is 0.852. The van der Waals surface area contributed by atoms with Gasteiger partial charge in [-0.2, -0.15) is 0 Å². The first kappa shape index (κ1) is 10.1. The maximum atomic E-state index is 4.09. The molecule has 15 heavy (non-hydrogen) atoms. The van der Waals surface area contributed by atoms with Gasteiger partial charge in [0, 0.05) is 38.4 Å². The van der Waals surface area contributed by atoms with Crippen LogP contribution in [0.15, 0.2) is 36.7 Å². The predicted octanol–water partition coefficient (Wildman–Crippen LogP) is 1.80. The molecule has 0 unspecified atom stereocenters. The first-order chi connectivity index (χ1) is 7.25. The van der Waals surface area contributed by atoms with E-state index in [0.29, 0.717) is 0 Å². The fourth-order valence-electron chi connectivity index (χ4n) is 1.49. The zero-order chi connectivity index (χ0) is 10.7. The third kappa shape index (κ3) is 2.52. The van der Waals surface area contributed by atoms with Gasteiger partial charge in [0.25, 0.3) is 0 Å². The highest BCUT2D eigenvalue weighted by Crippen LogP contribution is 2.14. The van der Waals surface area contributed by atoms with Crippen LogP contribution in [-0.2, 0) is 6.54 Å². The third-order valence-corrected chi connectivity index (χ3v) is 2.30. The number of benzene rings is 1. The van der Waals surface area contributed by atoms with Crippen molar-refractivity contribution in [2.75, 3.05) is 14.1 Å². The molecule has 78 valence electrons. The number of hydrogen-bond acceptors (Lipinski definition) is 3. The van der Waals surface area contributed by atoms with Gasteiger partial charge in [-0.15, -0.1) is 0 Å². The minimum absolute atomic E-state index is 0.852. The van der Waals surface area contributed by atoms with Gasteiger partial charge >= 0.3 is 0 Å². The average Bonchev–Trinajstić information content (AvgIpc) is 2.26. The summed E-state index contributed by atoms with van der Waals surface area (Å²) in [5.74, 6) is 0. The molecule has 0 saturated heterocycles. The Kier molecular flexibility index (Phi) is 2.94. The minimum atomic E-state index is 0.852. The monoisotopic (exact) mass is 201 g/mol. The molecule has 0 atom stereocenters. The Bertz CT molecular complexity index is 451. The second-order valence-corrected chi connectivity index (χ2v) is 3.79. The fourth-order valence-corrected chi connectivity index (χ4v) is 1.49. The molecule has 1 heterocycles. The quantitative estimate of drug-likeness (QED) is 0.767. The van der Waals surface area contributed by atoms with E-state index in [9.17, 15) is 0 Å². The van der Waals surface area contributed by atoms with Crippen molar-refractivity contribution < 1.29 is 0 Å². The van der Waals surface area contributed by atoms with Crippen LogP contribution >= 0.6 is 0 Å². The van der Waals surface area contributed by atoms with E-state index < -0.39 is 0 Å². The van der Waals surface area contributed by atoms with Crippen molar-refractivity contribution in [3.8, 4) is 0 Å². The number of nitrogens with one attached hydrogen (secondary N) is 1. The van der Waals surface area contributed by atoms with Crippen LogP contribution in [0.2, 0.25) is 0 Å². The summed E-state index contributed by atoms with van der Waals surface area (Å²) in [5, 5.41) is 4.38. The van der Waals surface area contributed by atoms with Crippen molar-refractivity contribution in [3.63, 3.8) is 0 Å². The molecule has 0 bridgehead atoms. The van der Waals surface area contributed by atoms with Gasteiger partial charge in [0.15, 0.2) is 0 Å². The van der Waals surface area contributed by atoms with E-state index in [0.717, 1.165) is 6.54 Å². The Labute approximate surface area is 89.7 Å². The molecule has 0 amide bonds. The van der Waals surface area contributed by atoms with Crippen LogP contribution in [0.3, 0.4) is 0 Å². The lowest BCUT2D eigenvalue weighted by molar-refractivity contribution is 0.286. The highest BCUT2D eigenvalue weighted by atomic mass is 15.5. The molecule has 0 aliphatic carbocycles. The molecular formula is C12H15N3. The SMILES string of the molecule is CN(C)NCc1ccc2cnccc2c1. The molecule has 1 aromatic heterocycles. The van der Waals surface area contributed by atoms with E-state index in [1.165, 1.54) is 16.3 Å². The number of nitrogens with zero attached hydrogens (tertiary/aromatic N) is 2. The molecule has 2 aromatic rings. The van der Waals surface area contributed by atoms with Crippen LogP contribution in [0.1, 0.15) is 5.56 Å². The first-order valence-corrected chi connectivity index (χ1v) is 4.99. The summed E-state index contributed by atoms with van der Waals surface area (Å²) < 4.78 is 0. The van der Waals surface area contributed by atoms with Crippen LogP contribution in [0, 0.1) is 0 Å². The molecule has 0 saturated carbocycles. The van der Waals surface area contributed by atoms with Crippen LogP contribution in [0.5, 0.6) is 0 Å². The number of fused-ring (bicyclic) bond motifs is 1. The molecular weight excluding hydrogens is 186 g/mol. The highest BCUT2D eigenvalue weighted by molar-refractivity contribution is 5.81. The van der Waals surface area contributed by atoms with Crippen LogP contribution in [-0.4, -0.2) is 24.1 Å². The molecule has 3 nitrogen and oxygen atoms in total. The Balaban J connectivity index is 2.23. The molecule has 0 fully saturated rings. The normalized spacial score (nSPS) is 11.1. The van der Waals surface area contributed by atoms with Gasteiger partial charge in [-0.1, -0.05) is 12.1 Å². The number of pyridine rings is 1. The maximum absolute atomic E-state index is 4.09. The van der Waals surface area contributed by atoms with Crippen molar-refractivity contribution in [1.29, 1.82) is 0 Å². The van der Waals surface area contributed by atoms with Crippen molar-refractivity contribution in [2.24, 2.45) is 0 Å². The topological polar surface area (TPSA) is 28.2 Å². The molecule has 0 spiro atoms. The fraction of sp³-hybridized carbons (Fsp3) is 0.250. The summed E-state index contributed by atoms with van der Waals surface area (Å²) in [6, 6.07) is 8.46. The standard InChI is InChI=1S/C12H15N3/c1-15(2)14-8-10-3-4-12-9-13-6-5-11(12)7-10/h3-7,9,14H,8H2,1-2H3. The van der Waals surface area contributed by atoms with Crippen LogP contribution < -0.4 is 5.43 Å². The Morgan fingerprint density at radius 2 is 2.07 bits per heavy atom. The second-order valence-electron chi connectivity index (χ2n) is 3.79. The summed E-state index contributed by atoms with van der Waals surface area (Å²) >= 11 is 0. The third-order valence-electron chi connectivity index (χ3n) is 2.30. The van der Waals surface area contributed by atoms with E-state index in [-0.39, 0.29) is 0 Å². The van der Waals surface area contributed by atoms with Gasteiger partial charge in [-0.25, -0.2) is 0 Å². The van der Waals surface area contributed by atoms with Crippen LogP contribution in [0.4, 0.5) is 0 Å². The van der Waals surface area contributed by atoms with E-state index >= 15 is 0 Å². The lowest BCUT2D eigenvalue weighted by Gasteiger charge is -2.12. The zero-order valence-electron chi connectivity index (χ0n) is 9.07. The van der Waals surface area contributed by atoms with E-state index in [2.05, 4.69) is 28.6 Å². The van der Waals surface area contributed by atoms with E-state index in [1.807, 2.05) is 37.6 Å². The number of rotatable bonds is 3. The predicted molar refractivity (Wildman–Crippen MR) is 62.3 cm³/mol. The Morgan fingerprint density at radius 3 is 2.87 bits per heavy atom. The van der Waals surface area contributed by atoms with Gasteiger partial charge in [0.05, 0.1) is 0 Å². The minimum Gasteiger partial charge on any atom is -0.264 e. The lowest BCUT2D eigenvalue weighted by atomic mass is 10.1. The van der Waals surface area contributed by atoms with Crippen molar-refractivity contribution in [1.82, 2.24) is 15.4 Å². The molecule has 0 aliphatic rings. The molecule has 1 N–H and O–H groups in total. The Hall–Kier alpha value is -1.45. The second kappa shape index (κ2) is 4.38. The number of hydrogen-bond donors (Lipinski definition) is 1. The van der Waals surface area contributed by atoms with Gasteiger partial charge in [-0.3, -0.25) is 15.4 Å². The van der Waals surface area contributed by atoms with E-state index in [4.69, 9.17) is 0 Å². The number of aromatic nitrogens is 1. The summed E-state index contributed by atoms with van der Waals surface area (Å²) in [5.41, 5.74) is 4.52. The summed E-state index contributed by atoms with van der Waals surface area (Å²) in [6.07, 6.45) is 3.71. The van der Waals surface area contributed by atoms with Gasteiger partial charge in [0.2, 0.25) is 0 Å². The van der Waals surface area contributed by atoms with Gasteiger partial charge in [-0.05, 0) is 23.1 Å². The largest absolute Gasteiger partial charge is 0.264 e. The maximum Gasteiger partial charge on any atom is 0.0353 e. The first-order valence-electron chi connectivity index (χ1n) is 4.99. The molecule has 0 aliphatic heterocycles. The molecule has 0 radical (unpaired) electrons. The molecule has 3 heteroatoms. The number of hydrazine groups is 1. The summed E-state index contributed by atoms with van der Waals surface area (Å²) in [7, 11) is 3.98. The van der Waals surface area contributed by atoms with Crippen molar-refractivity contribution in [3.05, 3.63) is 42.2 Å².